The molecule has 1 aromatic heterocycles. The number of carbonyl (C=O) groups is 3. The van der Waals surface area contributed by atoms with E-state index in [9.17, 15) is 27.6 Å². The minimum atomic E-state index is -4.78. The number of nitrogens with zero attached hydrogens (tertiary/aromatic N) is 2. The van der Waals surface area contributed by atoms with Gasteiger partial charge < -0.3 is 10.4 Å². The summed E-state index contributed by atoms with van der Waals surface area (Å²) in [6, 6.07) is 4.14. The maximum Gasteiger partial charge on any atom is 0.451 e. The van der Waals surface area contributed by atoms with E-state index >= 15 is 0 Å². The van der Waals surface area contributed by atoms with Crippen molar-refractivity contribution >= 4 is 23.3 Å². The maximum atomic E-state index is 12.7. The van der Waals surface area contributed by atoms with Crippen molar-refractivity contribution in [1.29, 1.82) is 0 Å². The molecule has 1 aromatic carbocycles. The first kappa shape index (κ1) is 17.3. The number of carboxylic acids is 1. The van der Waals surface area contributed by atoms with Crippen molar-refractivity contribution in [2.75, 3.05) is 5.32 Å². The number of carbonyl (C=O) groups excluding carboxylic acids is 2. The summed E-state index contributed by atoms with van der Waals surface area (Å²) >= 11 is 0. The number of ketones is 1. The molecule has 0 atom stereocenters. The van der Waals surface area contributed by atoms with Crippen LogP contribution in [0.2, 0.25) is 0 Å². The standard InChI is InChI=1S/C16H8F3N3O4/c17-16(18,19)15-20-6-10-8-2-1-7(21-11(23)3-4-12(24)25)5-9(8)14(26)13(10)22-15/h1-6H,(H,21,23)(H,24,25)/b4-3-. The molecular weight excluding hydrogens is 355 g/mol. The first-order valence-corrected chi connectivity index (χ1v) is 7.02. The van der Waals surface area contributed by atoms with Gasteiger partial charge in [0.05, 0.1) is 0 Å². The van der Waals surface area contributed by atoms with Crippen molar-refractivity contribution in [1.82, 2.24) is 9.97 Å². The van der Waals surface area contributed by atoms with E-state index in [-0.39, 0.29) is 22.5 Å². The van der Waals surface area contributed by atoms with Crippen LogP contribution < -0.4 is 5.32 Å². The van der Waals surface area contributed by atoms with Gasteiger partial charge >= 0.3 is 12.1 Å². The van der Waals surface area contributed by atoms with Crippen LogP contribution in [0, 0.1) is 0 Å². The zero-order valence-corrected chi connectivity index (χ0v) is 12.7. The number of halogens is 3. The van der Waals surface area contributed by atoms with Gasteiger partial charge in [-0.1, -0.05) is 6.07 Å². The van der Waals surface area contributed by atoms with Gasteiger partial charge in [-0.15, -0.1) is 0 Å². The largest absolute Gasteiger partial charge is 0.478 e. The van der Waals surface area contributed by atoms with Gasteiger partial charge in [0.2, 0.25) is 17.5 Å². The van der Waals surface area contributed by atoms with Gasteiger partial charge in [0.1, 0.15) is 5.69 Å². The Labute approximate surface area is 143 Å². The third-order valence-corrected chi connectivity index (χ3v) is 3.46. The van der Waals surface area contributed by atoms with Gasteiger partial charge in [0.25, 0.3) is 0 Å². The monoisotopic (exact) mass is 363 g/mol. The summed E-state index contributed by atoms with van der Waals surface area (Å²) in [5.41, 5.74) is 0.388. The van der Waals surface area contributed by atoms with Gasteiger partial charge in [-0.2, -0.15) is 13.2 Å². The van der Waals surface area contributed by atoms with E-state index in [0.29, 0.717) is 11.6 Å². The summed E-state index contributed by atoms with van der Waals surface area (Å²) in [4.78, 5) is 40.9. The highest BCUT2D eigenvalue weighted by Gasteiger charge is 2.38. The van der Waals surface area contributed by atoms with Crippen molar-refractivity contribution in [3.8, 4) is 11.1 Å². The Balaban J connectivity index is 1.92. The van der Waals surface area contributed by atoms with Crippen LogP contribution in [0.25, 0.3) is 11.1 Å². The Bertz CT molecular complexity index is 983. The van der Waals surface area contributed by atoms with E-state index in [1.165, 1.54) is 18.2 Å². The first-order valence-electron chi connectivity index (χ1n) is 7.02. The average Bonchev–Trinajstić information content (AvgIpc) is 2.84. The molecule has 1 aliphatic rings. The lowest BCUT2D eigenvalue weighted by atomic mass is 10.1. The molecule has 132 valence electrons. The van der Waals surface area contributed by atoms with Gasteiger partial charge in [-0.25, -0.2) is 14.8 Å². The summed E-state index contributed by atoms with van der Waals surface area (Å²) in [5, 5.41) is 10.8. The minimum Gasteiger partial charge on any atom is -0.478 e. The summed E-state index contributed by atoms with van der Waals surface area (Å²) in [6.07, 6.45) is -2.42. The predicted octanol–water partition coefficient (Wildman–Crippen LogP) is 2.29. The number of benzene rings is 1. The number of rotatable bonds is 3. The number of hydrogen-bond acceptors (Lipinski definition) is 5. The molecule has 0 radical (unpaired) electrons. The van der Waals surface area contributed by atoms with Gasteiger partial charge in [-0.3, -0.25) is 9.59 Å². The molecule has 0 aliphatic heterocycles. The third-order valence-electron chi connectivity index (χ3n) is 3.46. The van der Waals surface area contributed by atoms with E-state index in [4.69, 9.17) is 5.11 Å². The van der Waals surface area contributed by atoms with E-state index in [1.54, 1.807) is 0 Å². The molecule has 10 heteroatoms. The summed E-state index contributed by atoms with van der Waals surface area (Å²) in [5.74, 6) is -4.18. The fraction of sp³-hybridized carbons (Fsp3) is 0.0625. The van der Waals surface area contributed by atoms with Gasteiger partial charge in [-0.05, 0) is 17.7 Å². The number of fused-ring (bicyclic) bond motifs is 3. The number of anilines is 1. The number of alkyl halides is 3. The van der Waals surface area contributed by atoms with Crippen molar-refractivity contribution in [2.24, 2.45) is 0 Å². The lowest BCUT2D eigenvalue weighted by Gasteiger charge is -2.06. The number of aromatic nitrogens is 2. The van der Waals surface area contributed by atoms with Crippen LogP contribution in [0.5, 0.6) is 0 Å². The molecule has 26 heavy (non-hydrogen) atoms. The van der Waals surface area contributed by atoms with Crippen LogP contribution >= 0.6 is 0 Å². The molecular formula is C16H8F3N3O4. The smallest absolute Gasteiger partial charge is 0.451 e. The Hall–Kier alpha value is -3.56. The Morgan fingerprint density at radius 2 is 1.85 bits per heavy atom. The fourth-order valence-electron chi connectivity index (χ4n) is 2.39. The normalized spacial score (nSPS) is 12.8. The second-order valence-electron chi connectivity index (χ2n) is 5.20. The van der Waals surface area contributed by atoms with Crippen molar-refractivity contribution in [2.45, 2.75) is 6.18 Å². The highest BCUT2D eigenvalue weighted by atomic mass is 19.4. The zero-order valence-electron chi connectivity index (χ0n) is 12.7. The Morgan fingerprint density at radius 1 is 1.12 bits per heavy atom. The van der Waals surface area contributed by atoms with Gasteiger partial charge in [0.15, 0.2) is 0 Å². The molecule has 0 saturated carbocycles. The lowest BCUT2D eigenvalue weighted by Crippen LogP contribution is -2.13. The summed E-state index contributed by atoms with van der Waals surface area (Å²) in [6.45, 7) is 0. The highest BCUT2D eigenvalue weighted by molar-refractivity contribution is 6.21. The molecule has 0 spiro atoms. The molecule has 0 unspecified atom stereocenters. The van der Waals surface area contributed by atoms with Crippen LogP contribution in [0.3, 0.4) is 0 Å². The molecule has 7 nitrogen and oxygen atoms in total. The number of hydrogen-bond donors (Lipinski definition) is 2. The Kier molecular flexibility index (Phi) is 4.03. The number of amides is 1. The minimum absolute atomic E-state index is 0.0636. The topological polar surface area (TPSA) is 109 Å². The van der Waals surface area contributed by atoms with Crippen LogP contribution in [0.4, 0.5) is 18.9 Å². The van der Waals surface area contributed by atoms with Crippen LogP contribution in [0.15, 0.2) is 36.5 Å². The van der Waals surface area contributed by atoms with E-state index in [1.807, 2.05) is 0 Å². The summed E-state index contributed by atoms with van der Waals surface area (Å²) in [7, 11) is 0. The van der Waals surface area contributed by atoms with Crippen LogP contribution in [0.1, 0.15) is 21.9 Å². The molecule has 1 amide bonds. The molecule has 0 saturated heterocycles. The van der Waals surface area contributed by atoms with Gasteiger partial charge in [0, 0.05) is 35.2 Å². The SMILES string of the molecule is O=C(O)/C=C\C(=O)Nc1ccc2c(c1)C(=O)c1nc(C(F)(F)F)ncc1-2. The van der Waals surface area contributed by atoms with E-state index in [0.717, 1.165) is 12.3 Å². The lowest BCUT2D eigenvalue weighted by molar-refractivity contribution is -0.145. The predicted molar refractivity (Wildman–Crippen MR) is 81.3 cm³/mol. The zero-order chi connectivity index (χ0) is 19.1. The van der Waals surface area contributed by atoms with E-state index < -0.39 is 29.7 Å². The van der Waals surface area contributed by atoms with Crippen molar-refractivity contribution < 1.29 is 32.7 Å². The molecule has 2 N–H and O–H groups in total. The van der Waals surface area contributed by atoms with E-state index in [2.05, 4.69) is 15.3 Å². The van der Waals surface area contributed by atoms with Crippen molar-refractivity contribution in [3.63, 3.8) is 0 Å². The molecule has 0 bridgehead atoms. The molecule has 3 rings (SSSR count). The maximum absolute atomic E-state index is 12.7. The highest BCUT2D eigenvalue weighted by Crippen LogP contribution is 2.38. The summed E-state index contributed by atoms with van der Waals surface area (Å²) < 4.78 is 38.2. The second-order valence-corrected chi connectivity index (χ2v) is 5.20. The molecule has 1 heterocycles. The average molecular weight is 363 g/mol. The molecule has 2 aromatic rings. The Morgan fingerprint density at radius 3 is 2.50 bits per heavy atom. The second kappa shape index (κ2) is 6.06. The number of aliphatic carboxylic acids is 1. The first-order chi connectivity index (χ1) is 12.2. The molecule has 1 aliphatic carbocycles. The van der Waals surface area contributed by atoms with Crippen molar-refractivity contribution in [3.05, 3.63) is 53.6 Å². The molecule has 0 fully saturated rings. The van der Waals surface area contributed by atoms with Crippen LogP contribution in [-0.4, -0.2) is 32.7 Å². The number of carboxylic acid groups (broad SMARTS) is 1. The number of nitrogens with one attached hydrogen (secondary N) is 1. The van der Waals surface area contributed by atoms with Crippen LogP contribution in [-0.2, 0) is 15.8 Å². The quantitative estimate of drug-likeness (QED) is 0.691. The third kappa shape index (κ3) is 3.16. The fourth-order valence-corrected chi connectivity index (χ4v) is 2.39.